The first-order valence-corrected chi connectivity index (χ1v) is 14.0. The van der Waals surface area contributed by atoms with Gasteiger partial charge in [-0.3, -0.25) is 14.4 Å². The fraction of sp³-hybridized carbons (Fsp3) is 0.467. The van der Waals surface area contributed by atoms with E-state index in [9.17, 15) is 24.0 Å². The largest absolute Gasteiger partial charge is 0.511 e. The van der Waals surface area contributed by atoms with Crippen LogP contribution in [-0.4, -0.2) is 80.2 Å². The summed E-state index contributed by atoms with van der Waals surface area (Å²) in [5, 5.41) is 5.19. The normalized spacial score (nSPS) is 20.1. The molecule has 0 aliphatic carbocycles. The van der Waals surface area contributed by atoms with Gasteiger partial charge in [-0.25, -0.2) is 14.6 Å². The molecule has 0 radical (unpaired) electrons. The van der Waals surface area contributed by atoms with E-state index in [0.29, 0.717) is 0 Å². The summed E-state index contributed by atoms with van der Waals surface area (Å²) in [7, 11) is 1.33. The highest BCUT2D eigenvalue weighted by atomic mass is 16.8. The Bertz CT molecular complexity index is 1320. The fourth-order valence-corrected chi connectivity index (χ4v) is 4.28. The Balaban J connectivity index is 1.84. The molecule has 1 aromatic carbocycles. The summed E-state index contributed by atoms with van der Waals surface area (Å²) < 4.78 is 31.5. The third-order valence-corrected chi connectivity index (χ3v) is 6.54. The minimum atomic E-state index is -1.36. The van der Waals surface area contributed by atoms with E-state index in [1.54, 1.807) is 20.8 Å². The molecule has 44 heavy (non-hydrogen) atoms. The number of hydrogen-bond acceptors (Lipinski definition) is 12. The number of nitrogens with zero attached hydrogens (tertiary/aromatic N) is 1. The highest BCUT2D eigenvalue weighted by molar-refractivity contribution is 5.98. The number of aromatic nitrogens is 1. The number of benzene rings is 1. The Kier molecular flexibility index (Phi) is 12.3. The third-order valence-electron chi connectivity index (χ3n) is 6.54. The second-order valence-electron chi connectivity index (χ2n) is 10.0. The van der Waals surface area contributed by atoms with Gasteiger partial charge in [0.05, 0.1) is 25.6 Å². The van der Waals surface area contributed by atoms with Gasteiger partial charge in [-0.2, -0.15) is 0 Å². The average molecular weight is 616 g/mol. The van der Waals surface area contributed by atoms with Crippen LogP contribution in [0.25, 0.3) is 0 Å². The molecule has 2 amide bonds. The Morgan fingerprint density at radius 1 is 1.11 bits per heavy atom. The number of carbonyl (C=O) groups excluding carboxylic acids is 5. The summed E-state index contributed by atoms with van der Waals surface area (Å²) in [6, 6.07) is 9.20. The van der Waals surface area contributed by atoms with Gasteiger partial charge >= 0.3 is 18.1 Å². The van der Waals surface area contributed by atoms with Crippen LogP contribution in [0.1, 0.15) is 43.7 Å². The summed E-state index contributed by atoms with van der Waals surface area (Å²) in [4.78, 5) is 68.3. The molecule has 238 valence electrons. The maximum Gasteiger partial charge on any atom is 0.511 e. The molecule has 0 spiro atoms. The number of nitrogens with one attached hydrogen (secondary N) is 2. The van der Waals surface area contributed by atoms with Crippen LogP contribution in [0.5, 0.6) is 11.5 Å². The van der Waals surface area contributed by atoms with E-state index in [1.165, 1.54) is 26.3 Å². The second kappa shape index (κ2) is 16.1. The van der Waals surface area contributed by atoms with Crippen LogP contribution in [0.15, 0.2) is 42.6 Å². The minimum absolute atomic E-state index is 0.0866. The minimum Gasteiger partial charge on any atom is -0.493 e. The highest BCUT2D eigenvalue weighted by Gasteiger charge is 2.41. The Hall–Kier alpha value is -4.88. The van der Waals surface area contributed by atoms with Crippen LogP contribution in [0.2, 0.25) is 0 Å². The number of cyclic esters (lactones) is 1. The lowest BCUT2D eigenvalue weighted by Gasteiger charge is -2.30. The van der Waals surface area contributed by atoms with Gasteiger partial charge in [0.25, 0.3) is 5.91 Å². The second-order valence-corrected chi connectivity index (χ2v) is 10.0. The van der Waals surface area contributed by atoms with Crippen LogP contribution < -0.4 is 20.1 Å². The van der Waals surface area contributed by atoms with Gasteiger partial charge in [-0.15, -0.1) is 0 Å². The standard InChI is InChI=1S/C30H37N3O11/c1-6-40-30(38)42-16-41-25-22(39-5)12-13-31-23(25)27(35)33-21-15-32-26(34)20(14-19-10-8-7-9-11-19)24(18(4)43-29(21)37)44-28(36)17(2)3/h7-13,17-18,20-21,24H,6,14-16H2,1-5H3,(H,32,34)(H,33,35)/t18-,20+,21-,24-/m0/s1. The number of rotatable bonds is 11. The molecule has 2 aromatic rings. The lowest BCUT2D eigenvalue weighted by atomic mass is 9.90. The van der Waals surface area contributed by atoms with Crippen LogP contribution in [0.4, 0.5) is 4.79 Å². The van der Waals surface area contributed by atoms with Crippen molar-refractivity contribution in [3.05, 3.63) is 53.9 Å². The molecule has 1 aliphatic heterocycles. The molecule has 14 nitrogen and oxygen atoms in total. The zero-order valence-corrected chi connectivity index (χ0v) is 25.2. The van der Waals surface area contributed by atoms with E-state index < -0.39 is 66.8 Å². The van der Waals surface area contributed by atoms with E-state index in [1.807, 2.05) is 30.3 Å². The molecule has 2 N–H and O–H groups in total. The Labute approximate surface area is 254 Å². The molecule has 3 rings (SSSR count). The van der Waals surface area contributed by atoms with E-state index >= 15 is 0 Å². The monoisotopic (exact) mass is 615 g/mol. The van der Waals surface area contributed by atoms with Crippen molar-refractivity contribution in [3.8, 4) is 11.5 Å². The quantitative estimate of drug-likeness (QED) is 0.214. The number of hydrogen-bond donors (Lipinski definition) is 2. The molecule has 1 aliphatic rings. The maximum atomic E-state index is 13.5. The number of amides is 2. The van der Waals surface area contributed by atoms with Gasteiger partial charge in [0, 0.05) is 18.8 Å². The van der Waals surface area contributed by atoms with Crippen LogP contribution in [0, 0.1) is 11.8 Å². The van der Waals surface area contributed by atoms with E-state index in [2.05, 4.69) is 20.4 Å². The first kappa shape index (κ1) is 33.6. The van der Waals surface area contributed by atoms with Crippen molar-refractivity contribution in [2.75, 3.05) is 27.1 Å². The summed E-state index contributed by atoms with van der Waals surface area (Å²) in [6.07, 6.45) is -1.66. The van der Waals surface area contributed by atoms with E-state index in [-0.39, 0.29) is 36.8 Å². The Morgan fingerprint density at radius 2 is 1.84 bits per heavy atom. The topological polar surface area (TPSA) is 178 Å². The van der Waals surface area contributed by atoms with Crippen molar-refractivity contribution < 1.29 is 52.4 Å². The molecule has 2 heterocycles. The number of methoxy groups -OCH3 is 1. The summed E-state index contributed by atoms with van der Waals surface area (Å²) in [5.74, 6) is -4.29. The molecule has 0 saturated carbocycles. The average Bonchev–Trinajstić information content (AvgIpc) is 3.03. The molecule has 1 aromatic heterocycles. The van der Waals surface area contributed by atoms with E-state index in [0.717, 1.165) is 5.56 Å². The maximum absolute atomic E-state index is 13.5. The van der Waals surface area contributed by atoms with Crippen LogP contribution in [0.3, 0.4) is 0 Å². The highest BCUT2D eigenvalue weighted by Crippen LogP contribution is 2.30. The Morgan fingerprint density at radius 3 is 2.50 bits per heavy atom. The predicted octanol–water partition coefficient (Wildman–Crippen LogP) is 2.19. The van der Waals surface area contributed by atoms with Gasteiger partial charge in [0.2, 0.25) is 12.7 Å². The van der Waals surface area contributed by atoms with Crippen molar-refractivity contribution in [2.45, 2.75) is 52.4 Å². The lowest BCUT2D eigenvalue weighted by Crippen LogP contribution is -2.49. The van der Waals surface area contributed by atoms with Crippen LogP contribution in [-0.2, 0) is 39.8 Å². The summed E-state index contributed by atoms with van der Waals surface area (Å²) >= 11 is 0. The molecule has 0 unspecified atom stereocenters. The summed E-state index contributed by atoms with van der Waals surface area (Å²) in [6.45, 7) is 5.55. The van der Waals surface area contributed by atoms with Gasteiger partial charge in [-0.05, 0) is 25.8 Å². The smallest absolute Gasteiger partial charge is 0.493 e. The number of carbonyl (C=O) groups is 5. The van der Waals surface area contributed by atoms with Crippen molar-refractivity contribution in [1.29, 1.82) is 0 Å². The third kappa shape index (κ3) is 9.06. The van der Waals surface area contributed by atoms with Gasteiger partial charge < -0.3 is 39.1 Å². The van der Waals surface area contributed by atoms with Gasteiger partial charge in [0.15, 0.2) is 23.3 Å². The predicted molar refractivity (Wildman–Crippen MR) is 153 cm³/mol. The molecular weight excluding hydrogens is 578 g/mol. The molecule has 1 saturated heterocycles. The van der Waals surface area contributed by atoms with Crippen molar-refractivity contribution in [2.24, 2.45) is 11.8 Å². The molecule has 4 atom stereocenters. The first-order valence-electron chi connectivity index (χ1n) is 14.0. The number of ether oxygens (including phenoxy) is 6. The SMILES string of the molecule is CCOC(=O)OCOc1c(OC)ccnc1C(=O)N[C@H]1CNC(=O)[C@H](Cc2ccccc2)[C@@H](OC(=O)C(C)C)[C@H](C)OC1=O. The number of esters is 2. The van der Waals surface area contributed by atoms with Crippen molar-refractivity contribution >= 4 is 29.9 Å². The lowest BCUT2D eigenvalue weighted by molar-refractivity contribution is -0.174. The van der Waals surface area contributed by atoms with E-state index in [4.69, 9.17) is 23.7 Å². The van der Waals surface area contributed by atoms with Crippen molar-refractivity contribution in [3.63, 3.8) is 0 Å². The zero-order valence-electron chi connectivity index (χ0n) is 25.2. The van der Waals surface area contributed by atoms with Gasteiger partial charge in [0.1, 0.15) is 12.1 Å². The zero-order chi connectivity index (χ0) is 32.2. The first-order chi connectivity index (χ1) is 21.0. The fourth-order valence-electron chi connectivity index (χ4n) is 4.28. The van der Waals surface area contributed by atoms with Gasteiger partial charge in [-0.1, -0.05) is 44.2 Å². The molecule has 14 heteroatoms. The van der Waals surface area contributed by atoms with Crippen LogP contribution >= 0.6 is 0 Å². The number of pyridine rings is 1. The molecular formula is C30H37N3O11. The molecule has 1 fully saturated rings. The molecule has 0 bridgehead atoms. The van der Waals surface area contributed by atoms with Crippen molar-refractivity contribution in [1.82, 2.24) is 15.6 Å². The summed E-state index contributed by atoms with van der Waals surface area (Å²) in [5.41, 5.74) is 0.513.